The minimum Gasteiger partial charge on any atom is -0.462 e. The van der Waals surface area contributed by atoms with Crippen LogP contribution in [-0.4, -0.2) is 82.7 Å². The van der Waals surface area contributed by atoms with Gasteiger partial charge < -0.3 is 39.2 Å². The van der Waals surface area contributed by atoms with Gasteiger partial charge in [-0.25, -0.2) is 0 Å². The second-order valence-electron chi connectivity index (χ2n) is 17.6. The van der Waals surface area contributed by atoms with E-state index in [4.69, 9.17) is 23.7 Å². The molecule has 3 N–H and O–H groups in total. The third-order valence-corrected chi connectivity index (χ3v) is 13.3. The molecule has 2 aromatic rings. The Hall–Kier alpha value is -4.13. The van der Waals surface area contributed by atoms with Crippen LogP contribution < -0.4 is 5.32 Å². The van der Waals surface area contributed by atoms with Crippen molar-refractivity contribution < 1.29 is 48.3 Å². The Balaban J connectivity index is 1.14. The number of fused-ring (bicyclic) bond motifs is 3. The van der Waals surface area contributed by atoms with Crippen molar-refractivity contribution in [3.63, 3.8) is 0 Å². The molecular formula is C48H61NO10. The normalized spacial score (nSPS) is 37.8. The molecule has 4 aliphatic heterocycles. The summed E-state index contributed by atoms with van der Waals surface area (Å²) in [6, 6.07) is 13.4. The largest absolute Gasteiger partial charge is 0.462 e. The molecule has 12 atom stereocenters. The van der Waals surface area contributed by atoms with Crippen molar-refractivity contribution in [2.45, 2.75) is 141 Å². The fraction of sp³-hybridized carbons (Fsp3) is 0.562. The summed E-state index contributed by atoms with van der Waals surface area (Å²) in [6.45, 7) is 12.1. The van der Waals surface area contributed by atoms with Gasteiger partial charge in [0, 0.05) is 42.7 Å². The van der Waals surface area contributed by atoms with Crippen molar-refractivity contribution in [3.05, 3.63) is 89.6 Å². The first kappa shape index (κ1) is 43.0. The summed E-state index contributed by atoms with van der Waals surface area (Å²) in [5.74, 6) is -3.32. The molecule has 0 unspecified atom stereocenters. The summed E-state index contributed by atoms with van der Waals surface area (Å²) >= 11 is 0. The zero-order chi connectivity index (χ0) is 42.1. The Bertz CT molecular complexity index is 2010. The Kier molecular flexibility index (Phi) is 13.0. The quantitative estimate of drug-likeness (QED) is 0.188. The molecule has 1 amide bonds. The van der Waals surface area contributed by atoms with Crippen LogP contribution >= 0.6 is 0 Å². The highest BCUT2D eigenvalue weighted by Crippen LogP contribution is 2.48. The number of amides is 1. The molecule has 7 rings (SSSR count). The van der Waals surface area contributed by atoms with Crippen LogP contribution in [0.5, 0.6) is 0 Å². The maximum absolute atomic E-state index is 14.5. The highest BCUT2D eigenvalue weighted by atomic mass is 16.7. The van der Waals surface area contributed by atoms with Gasteiger partial charge in [0.2, 0.25) is 5.91 Å². The monoisotopic (exact) mass is 811 g/mol. The van der Waals surface area contributed by atoms with Crippen LogP contribution in [0.2, 0.25) is 0 Å². The maximum atomic E-state index is 14.5. The molecule has 3 fully saturated rings. The molecular weight excluding hydrogens is 751 g/mol. The zero-order valence-electron chi connectivity index (χ0n) is 35.2. The minimum atomic E-state index is -1.92. The fourth-order valence-electron chi connectivity index (χ4n) is 9.65. The van der Waals surface area contributed by atoms with E-state index in [-0.39, 0.29) is 43.5 Å². The first-order valence-corrected chi connectivity index (χ1v) is 21.5. The number of anilines is 1. The number of esters is 2. The van der Waals surface area contributed by atoms with E-state index in [1.54, 1.807) is 25.2 Å². The van der Waals surface area contributed by atoms with E-state index in [0.29, 0.717) is 54.4 Å². The van der Waals surface area contributed by atoms with Crippen molar-refractivity contribution in [1.82, 2.24) is 0 Å². The van der Waals surface area contributed by atoms with Gasteiger partial charge in [-0.2, -0.15) is 0 Å². The van der Waals surface area contributed by atoms with Crippen LogP contribution in [0.3, 0.4) is 0 Å². The van der Waals surface area contributed by atoms with Gasteiger partial charge in [-0.05, 0) is 66.7 Å². The number of aliphatic hydroxyl groups excluding tert-OH is 1. The van der Waals surface area contributed by atoms with Crippen LogP contribution in [0.1, 0.15) is 92.9 Å². The predicted molar refractivity (Wildman–Crippen MR) is 224 cm³/mol. The highest BCUT2D eigenvalue weighted by molar-refractivity contribution is 6.02. The first-order chi connectivity index (χ1) is 28.2. The van der Waals surface area contributed by atoms with E-state index in [9.17, 15) is 24.6 Å². The van der Waals surface area contributed by atoms with Crippen molar-refractivity contribution in [1.29, 1.82) is 0 Å². The van der Waals surface area contributed by atoms with Gasteiger partial charge in [0.05, 0.1) is 31.3 Å². The Morgan fingerprint density at radius 2 is 1.81 bits per heavy atom. The topological polar surface area (TPSA) is 150 Å². The lowest BCUT2D eigenvalue weighted by molar-refractivity contribution is -0.340. The van der Waals surface area contributed by atoms with Crippen molar-refractivity contribution >= 4 is 34.3 Å². The molecule has 2 aromatic carbocycles. The van der Waals surface area contributed by atoms with Crippen molar-refractivity contribution in [2.75, 3.05) is 11.9 Å². The predicted octanol–water partition coefficient (Wildman–Crippen LogP) is 7.65. The van der Waals surface area contributed by atoms with E-state index < -0.39 is 53.7 Å². The summed E-state index contributed by atoms with van der Waals surface area (Å²) in [5, 5.41) is 28.9. The molecule has 0 radical (unpaired) electrons. The number of ether oxygens (including phenoxy) is 5. The third kappa shape index (κ3) is 9.00. The van der Waals surface area contributed by atoms with Crippen molar-refractivity contribution in [2.24, 2.45) is 23.7 Å². The Labute approximate surface area is 347 Å². The van der Waals surface area contributed by atoms with E-state index >= 15 is 0 Å². The minimum absolute atomic E-state index is 0.0135. The van der Waals surface area contributed by atoms with E-state index in [1.807, 2.05) is 68.5 Å². The Morgan fingerprint density at radius 3 is 2.61 bits per heavy atom. The van der Waals surface area contributed by atoms with Crippen LogP contribution in [0, 0.1) is 23.7 Å². The van der Waals surface area contributed by atoms with E-state index in [0.717, 1.165) is 29.2 Å². The van der Waals surface area contributed by atoms with Gasteiger partial charge in [-0.3, -0.25) is 14.4 Å². The van der Waals surface area contributed by atoms with Gasteiger partial charge in [0.15, 0.2) is 11.9 Å². The highest BCUT2D eigenvalue weighted by Gasteiger charge is 2.61. The summed E-state index contributed by atoms with van der Waals surface area (Å²) < 4.78 is 32.3. The second kappa shape index (κ2) is 17.8. The second-order valence-corrected chi connectivity index (χ2v) is 17.6. The summed E-state index contributed by atoms with van der Waals surface area (Å²) in [6.07, 6.45) is 8.60. The van der Waals surface area contributed by atoms with Gasteiger partial charge in [-0.1, -0.05) is 101 Å². The molecule has 0 saturated carbocycles. The molecule has 59 heavy (non-hydrogen) atoms. The standard InChI is InChI=1S/C48H61NO10/c1-7-28(2)43-31(5)22-23-47(59-43)26-36-25-35(58-47)19-18-30(4)42(52)29(3)12-10-15-34-27-55-45-44(32(6)24-38(46(53)56-36)48(34,45)54)57-41(51)21-20-40(50)49-39-17-11-14-33-13-8-9-16-37(33)39/h8-18,24,28-29,31,35-36,38,42-45,52,54H,7,19-23,25-27H2,1-6H3,(H,49,50)/b12-10+,30-18+,34-15+/t28-,29-,31-,35+,36-,38-,42-,43+,44+,45+,47+,48+/m0/s1. The summed E-state index contributed by atoms with van der Waals surface area (Å²) in [5.41, 5.74) is 0.483. The average Bonchev–Trinajstić information content (AvgIpc) is 3.56. The lowest BCUT2D eigenvalue weighted by atomic mass is 9.70. The van der Waals surface area contributed by atoms with Gasteiger partial charge in [-0.15, -0.1) is 0 Å². The number of benzene rings is 2. The smallest absolute Gasteiger partial charge is 0.316 e. The van der Waals surface area contributed by atoms with Crippen LogP contribution in [0.25, 0.3) is 10.8 Å². The zero-order valence-corrected chi connectivity index (χ0v) is 35.2. The molecule has 4 heterocycles. The van der Waals surface area contributed by atoms with Gasteiger partial charge >= 0.3 is 11.9 Å². The van der Waals surface area contributed by atoms with Crippen LogP contribution in [-0.2, 0) is 38.1 Å². The van der Waals surface area contributed by atoms with E-state index in [1.165, 1.54) is 0 Å². The van der Waals surface area contributed by atoms with E-state index in [2.05, 4.69) is 26.1 Å². The number of rotatable bonds is 7. The molecule has 1 spiro atoms. The number of aliphatic hydroxyl groups is 2. The molecule has 0 aromatic heterocycles. The number of hydrogen-bond acceptors (Lipinski definition) is 10. The number of carbonyl (C=O) groups excluding carboxylic acids is 3. The molecule has 2 bridgehead atoms. The van der Waals surface area contributed by atoms with Crippen molar-refractivity contribution in [3.8, 4) is 0 Å². The van der Waals surface area contributed by atoms with Crippen LogP contribution in [0.4, 0.5) is 5.69 Å². The average molecular weight is 812 g/mol. The molecule has 11 heteroatoms. The number of allylic oxidation sites excluding steroid dienone is 2. The summed E-state index contributed by atoms with van der Waals surface area (Å²) in [4.78, 5) is 40.9. The molecule has 5 aliphatic rings. The molecule has 318 valence electrons. The van der Waals surface area contributed by atoms with Gasteiger partial charge in [0.1, 0.15) is 23.7 Å². The lowest BCUT2D eigenvalue weighted by Gasteiger charge is -2.51. The lowest BCUT2D eigenvalue weighted by Crippen LogP contribution is -2.59. The maximum Gasteiger partial charge on any atom is 0.316 e. The molecule has 3 saturated heterocycles. The Morgan fingerprint density at radius 1 is 1.03 bits per heavy atom. The third-order valence-electron chi connectivity index (χ3n) is 13.3. The SMILES string of the molecule is CC[C@H](C)[C@H]1O[C@]2(CC[C@@H]1C)C[C@@H]1C[C@@H](C/C=C(\C)[C@@H](O)[C@@H](C)/C=C/C=C3\CO[C@@H]4[C@H](OC(=O)CCC(=O)Nc5cccc6ccccc56)C(C)=C[C@@H](C(=O)O1)[C@]34O)O2. The number of carbonyl (C=O) groups is 3. The number of hydrogen-bond donors (Lipinski definition) is 3. The fourth-order valence-corrected chi connectivity index (χ4v) is 9.65. The number of nitrogens with one attached hydrogen (secondary N) is 1. The van der Waals surface area contributed by atoms with Gasteiger partial charge in [0.25, 0.3) is 0 Å². The van der Waals surface area contributed by atoms with Crippen LogP contribution in [0.15, 0.2) is 89.6 Å². The molecule has 11 nitrogen and oxygen atoms in total. The first-order valence-electron chi connectivity index (χ1n) is 21.5. The summed E-state index contributed by atoms with van der Waals surface area (Å²) in [7, 11) is 0. The molecule has 1 aliphatic carbocycles.